The van der Waals surface area contributed by atoms with Gasteiger partial charge in [0.1, 0.15) is 5.82 Å². The van der Waals surface area contributed by atoms with Gasteiger partial charge in [-0.25, -0.2) is 12.8 Å². The molecule has 1 unspecified atom stereocenters. The fourth-order valence-electron chi connectivity index (χ4n) is 2.46. The zero-order chi connectivity index (χ0) is 18.4. The van der Waals surface area contributed by atoms with Gasteiger partial charge in [-0.3, -0.25) is 14.4 Å². The molecule has 1 fully saturated rings. The number of benzene rings is 1. The highest BCUT2D eigenvalue weighted by molar-refractivity contribution is 7.91. The molecule has 1 aliphatic rings. The molecule has 0 spiro atoms. The molecule has 1 aliphatic heterocycles. The van der Waals surface area contributed by atoms with Gasteiger partial charge in [0.05, 0.1) is 18.1 Å². The fourth-order valence-corrected chi connectivity index (χ4v) is 4.14. The first-order valence-corrected chi connectivity index (χ1v) is 9.62. The molecule has 1 atom stereocenters. The lowest BCUT2D eigenvalue weighted by Crippen LogP contribution is -2.42. The van der Waals surface area contributed by atoms with Gasteiger partial charge in [0.2, 0.25) is 11.8 Å². The molecule has 1 aromatic carbocycles. The average Bonchev–Trinajstić information content (AvgIpc) is 2.90. The average molecular weight is 370 g/mol. The molecular weight excluding hydrogens is 351 g/mol. The van der Waals surface area contributed by atoms with Gasteiger partial charge in [0.25, 0.3) is 0 Å². The van der Waals surface area contributed by atoms with Crippen molar-refractivity contribution < 1.29 is 27.2 Å². The number of hydrogen-bond donors (Lipinski definition) is 2. The summed E-state index contributed by atoms with van der Waals surface area (Å²) in [7, 11) is -3.08. The van der Waals surface area contributed by atoms with Crippen LogP contribution in [0.15, 0.2) is 24.3 Å². The molecule has 2 N–H and O–H groups in total. The Hall–Kier alpha value is -2.29. The first kappa shape index (κ1) is 19.0. The highest BCUT2D eigenvalue weighted by Crippen LogP contribution is 2.11. The second kappa shape index (κ2) is 8.19. The maximum absolute atomic E-state index is 12.8. The number of carbonyl (C=O) groups is 3. The molecule has 0 radical (unpaired) electrons. The Kier molecular flexibility index (Phi) is 6.24. The van der Waals surface area contributed by atoms with Gasteiger partial charge in [-0.1, -0.05) is 0 Å². The van der Waals surface area contributed by atoms with E-state index in [-0.39, 0.29) is 36.7 Å². The summed E-state index contributed by atoms with van der Waals surface area (Å²) in [5.74, 6) is -1.72. The highest BCUT2D eigenvalue weighted by atomic mass is 32.2. The van der Waals surface area contributed by atoms with E-state index in [9.17, 15) is 27.2 Å². The van der Waals surface area contributed by atoms with Crippen LogP contribution >= 0.6 is 0 Å². The van der Waals surface area contributed by atoms with Crippen molar-refractivity contribution >= 4 is 27.4 Å². The first-order valence-electron chi connectivity index (χ1n) is 7.80. The quantitative estimate of drug-likeness (QED) is 0.667. The van der Waals surface area contributed by atoms with Crippen LogP contribution in [0.1, 0.15) is 29.6 Å². The molecule has 2 amide bonds. The normalized spacial score (nSPS) is 18.5. The van der Waals surface area contributed by atoms with Gasteiger partial charge >= 0.3 is 0 Å². The predicted molar refractivity (Wildman–Crippen MR) is 88.2 cm³/mol. The van der Waals surface area contributed by atoms with E-state index in [1.165, 1.54) is 24.3 Å². The number of Topliss-reactive ketones (excluding diaryl/α,β-unsaturated/α-hetero) is 1. The molecule has 0 aliphatic carbocycles. The Labute approximate surface area is 144 Å². The largest absolute Gasteiger partial charge is 0.351 e. The summed E-state index contributed by atoms with van der Waals surface area (Å²) in [6.45, 7) is -0.278. The van der Waals surface area contributed by atoms with Crippen molar-refractivity contribution in [3.63, 3.8) is 0 Å². The third kappa shape index (κ3) is 6.26. The van der Waals surface area contributed by atoms with Crippen molar-refractivity contribution in [3.8, 4) is 0 Å². The summed E-state index contributed by atoms with van der Waals surface area (Å²) in [6, 6.07) is 4.61. The van der Waals surface area contributed by atoms with E-state index in [4.69, 9.17) is 0 Å². The van der Waals surface area contributed by atoms with E-state index in [0.717, 1.165) is 0 Å². The number of amides is 2. The second-order valence-electron chi connectivity index (χ2n) is 5.87. The van der Waals surface area contributed by atoms with Gasteiger partial charge < -0.3 is 10.6 Å². The number of carbonyl (C=O) groups excluding carboxylic acids is 3. The molecule has 0 bridgehead atoms. The van der Waals surface area contributed by atoms with Crippen LogP contribution in [0.4, 0.5) is 4.39 Å². The maximum Gasteiger partial charge on any atom is 0.239 e. The molecule has 1 saturated heterocycles. The molecular formula is C16H19FN2O5S. The van der Waals surface area contributed by atoms with E-state index >= 15 is 0 Å². The molecule has 0 saturated carbocycles. The third-order valence-electron chi connectivity index (χ3n) is 3.79. The molecule has 1 aromatic rings. The number of rotatable bonds is 7. The van der Waals surface area contributed by atoms with Gasteiger partial charge in [0.15, 0.2) is 15.6 Å². The summed E-state index contributed by atoms with van der Waals surface area (Å²) in [5.41, 5.74) is 0.314. The summed E-state index contributed by atoms with van der Waals surface area (Å²) in [6.07, 6.45) is 0.218. The monoisotopic (exact) mass is 370 g/mol. The lowest BCUT2D eigenvalue weighted by Gasteiger charge is -2.11. The minimum Gasteiger partial charge on any atom is -0.351 e. The molecule has 2 rings (SSSR count). The van der Waals surface area contributed by atoms with Gasteiger partial charge in [-0.15, -0.1) is 0 Å². The minimum absolute atomic E-state index is 0.0514. The van der Waals surface area contributed by atoms with E-state index in [1.807, 2.05) is 0 Å². The van der Waals surface area contributed by atoms with Crippen molar-refractivity contribution in [2.75, 3.05) is 18.1 Å². The molecule has 25 heavy (non-hydrogen) atoms. The Balaban J connectivity index is 1.67. The van der Waals surface area contributed by atoms with Crippen molar-refractivity contribution in [2.45, 2.75) is 25.3 Å². The van der Waals surface area contributed by atoms with E-state index in [0.29, 0.717) is 12.0 Å². The molecule has 136 valence electrons. The van der Waals surface area contributed by atoms with Gasteiger partial charge in [-0.05, 0) is 30.7 Å². The molecule has 7 nitrogen and oxygen atoms in total. The molecule has 9 heteroatoms. The van der Waals surface area contributed by atoms with Crippen LogP contribution in [0.5, 0.6) is 0 Å². The maximum atomic E-state index is 12.8. The standard InChI is InChI=1S/C16H19FN2O5S/c17-12-3-1-11(2-4-12)14(20)5-6-15(21)18-9-16(22)19-13-7-8-25(23,24)10-13/h1-4,13H,5-10H2,(H,18,21)(H,19,22). The minimum atomic E-state index is -3.08. The topological polar surface area (TPSA) is 109 Å². The van der Waals surface area contributed by atoms with Crippen LogP contribution < -0.4 is 10.6 Å². The summed E-state index contributed by atoms with van der Waals surface area (Å²) < 4.78 is 35.4. The van der Waals surface area contributed by atoms with E-state index < -0.39 is 33.5 Å². The molecule has 1 heterocycles. The Morgan fingerprint density at radius 1 is 1.08 bits per heavy atom. The van der Waals surface area contributed by atoms with Crippen molar-refractivity contribution in [3.05, 3.63) is 35.6 Å². The zero-order valence-corrected chi connectivity index (χ0v) is 14.3. The van der Waals surface area contributed by atoms with Crippen molar-refractivity contribution in [1.82, 2.24) is 10.6 Å². The van der Waals surface area contributed by atoms with Gasteiger partial charge in [-0.2, -0.15) is 0 Å². The number of ketones is 1. The number of sulfone groups is 1. The van der Waals surface area contributed by atoms with Crippen LogP contribution in [0.2, 0.25) is 0 Å². The summed E-state index contributed by atoms with van der Waals surface area (Å²) >= 11 is 0. The van der Waals surface area contributed by atoms with E-state index in [2.05, 4.69) is 10.6 Å². The fraction of sp³-hybridized carbons (Fsp3) is 0.438. The lowest BCUT2D eigenvalue weighted by molar-refractivity contribution is -0.126. The Morgan fingerprint density at radius 3 is 2.36 bits per heavy atom. The lowest BCUT2D eigenvalue weighted by atomic mass is 10.1. The van der Waals surface area contributed by atoms with Crippen LogP contribution in [0, 0.1) is 5.82 Å². The highest BCUT2D eigenvalue weighted by Gasteiger charge is 2.28. The van der Waals surface area contributed by atoms with Crippen LogP contribution in [-0.2, 0) is 19.4 Å². The zero-order valence-electron chi connectivity index (χ0n) is 13.5. The third-order valence-corrected chi connectivity index (χ3v) is 5.56. The first-order chi connectivity index (χ1) is 11.7. The summed E-state index contributed by atoms with van der Waals surface area (Å²) in [4.78, 5) is 35.2. The SMILES string of the molecule is O=C(CCC(=O)c1ccc(F)cc1)NCC(=O)NC1CCS(=O)(=O)C1. The second-order valence-corrected chi connectivity index (χ2v) is 8.10. The van der Waals surface area contributed by atoms with Crippen molar-refractivity contribution in [2.24, 2.45) is 0 Å². The van der Waals surface area contributed by atoms with Crippen molar-refractivity contribution in [1.29, 1.82) is 0 Å². The number of hydrogen-bond acceptors (Lipinski definition) is 5. The number of nitrogens with one attached hydrogen (secondary N) is 2. The van der Waals surface area contributed by atoms with E-state index in [1.54, 1.807) is 0 Å². The summed E-state index contributed by atoms with van der Waals surface area (Å²) in [5, 5.41) is 4.93. The Morgan fingerprint density at radius 2 is 1.76 bits per heavy atom. The number of halogens is 1. The van der Waals surface area contributed by atoms with Crippen LogP contribution in [0.3, 0.4) is 0 Å². The van der Waals surface area contributed by atoms with Crippen LogP contribution in [-0.4, -0.2) is 50.1 Å². The van der Waals surface area contributed by atoms with Gasteiger partial charge in [0, 0.05) is 24.4 Å². The van der Waals surface area contributed by atoms with Crippen LogP contribution in [0.25, 0.3) is 0 Å². The predicted octanol–water partition coefficient (Wildman–Crippen LogP) is 0.208. The Bertz CT molecular complexity index is 761. The smallest absolute Gasteiger partial charge is 0.239 e. The molecule has 0 aromatic heterocycles.